The van der Waals surface area contributed by atoms with Crippen LogP contribution in [0.25, 0.3) is 0 Å². The zero-order valence-electron chi connectivity index (χ0n) is 8.42. The van der Waals surface area contributed by atoms with Crippen LogP contribution in [-0.2, 0) is 4.79 Å². The molecule has 0 aromatic heterocycles. The van der Waals surface area contributed by atoms with Crippen LogP contribution in [0.5, 0.6) is 0 Å². The van der Waals surface area contributed by atoms with Crippen LogP contribution in [0, 0.1) is 5.41 Å². The summed E-state index contributed by atoms with van der Waals surface area (Å²) in [6.45, 7) is 9.38. The fraction of sp³-hybridized carbons (Fsp3) is 0.545. The molecular formula is C11H16O2. The van der Waals surface area contributed by atoms with Crippen molar-refractivity contribution >= 4 is 5.78 Å². The number of ketones is 1. The standard InChI is InChI=1S/C11H16O2/c1-5-8-6-11(3,4)10(13)7(2)9(8)12/h6,10,13H,2,5H2,1,3-4H3. The minimum Gasteiger partial charge on any atom is -0.387 e. The predicted octanol–water partition coefficient (Wildman–Crippen LogP) is 1.85. The Morgan fingerprint density at radius 3 is 2.62 bits per heavy atom. The Morgan fingerprint density at radius 2 is 2.15 bits per heavy atom. The highest BCUT2D eigenvalue weighted by Crippen LogP contribution is 2.35. The summed E-state index contributed by atoms with van der Waals surface area (Å²) in [6.07, 6.45) is 1.82. The number of aliphatic hydroxyl groups excluding tert-OH is 1. The number of rotatable bonds is 1. The molecule has 1 atom stereocenters. The summed E-state index contributed by atoms with van der Waals surface area (Å²) in [5.41, 5.74) is 0.723. The van der Waals surface area contributed by atoms with Gasteiger partial charge < -0.3 is 5.11 Å². The van der Waals surface area contributed by atoms with E-state index in [1.807, 2.05) is 26.8 Å². The highest BCUT2D eigenvalue weighted by Gasteiger charge is 2.36. The van der Waals surface area contributed by atoms with Crippen LogP contribution in [0.3, 0.4) is 0 Å². The van der Waals surface area contributed by atoms with E-state index in [9.17, 15) is 9.90 Å². The Hall–Kier alpha value is -0.890. The van der Waals surface area contributed by atoms with Crippen molar-refractivity contribution in [2.45, 2.75) is 33.3 Å². The molecule has 0 aliphatic heterocycles. The van der Waals surface area contributed by atoms with Crippen molar-refractivity contribution in [2.75, 3.05) is 0 Å². The number of aliphatic hydroxyl groups is 1. The van der Waals surface area contributed by atoms with Gasteiger partial charge in [-0.2, -0.15) is 0 Å². The van der Waals surface area contributed by atoms with Gasteiger partial charge in [0.15, 0.2) is 5.78 Å². The maximum absolute atomic E-state index is 11.5. The van der Waals surface area contributed by atoms with Gasteiger partial charge in [-0.25, -0.2) is 0 Å². The number of hydrogen-bond donors (Lipinski definition) is 1. The van der Waals surface area contributed by atoms with Gasteiger partial charge in [0.25, 0.3) is 0 Å². The highest BCUT2D eigenvalue weighted by atomic mass is 16.3. The van der Waals surface area contributed by atoms with Crippen molar-refractivity contribution in [1.29, 1.82) is 0 Å². The topological polar surface area (TPSA) is 37.3 Å². The van der Waals surface area contributed by atoms with E-state index in [1.54, 1.807) is 0 Å². The summed E-state index contributed by atoms with van der Waals surface area (Å²) in [6, 6.07) is 0. The molecule has 2 heteroatoms. The van der Waals surface area contributed by atoms with E-state index in [0.29, 0.717) is 12.0 Å². The summed E-state index contributed by atoms with van der Waals surface area (Å²) in [4.78, 5) is 11.5. The molecule has 1 aliphatic carbocycles. The van der Waals surface area contributed by atoms with Crippen LogP contribution in [-0.4, -0.2) is 17.0 Å². The van der Waals surface area contributed by atoms with Crippen LogP contribution >= 0.6 is 0 Å². The molecule has 0 radical (unpaired) electrons. The van der Waals surface area contributed by atoms with Crippen molar-refractivity contribution in [2.24, 2.45) is 5.41 Å². The number of Topliss-reactive ketones (excluding diaryl/α,β-unsaturated/α-hetero) is 1. The van der Waals surface area contributed by atoms with Crippen LogP contribution < -0.4 is 0 Å². The first-order valence-electron chi connectivity index (χ1n) is 4.53. The first-order valence-corrected chi connectivity index (χ1v) is 4.53. The second-order valence-electron chi connectivity index (χ2n) is 4.10. The van der Waals surface area contributed by atoms with E-state index in [1.165, 1.54) is 0 Å². The van der Waals surface area contributed by atoms with Crippen molar-refractivity contribution < 1.29 is 9.90 Å². The molecule has 72 valence electrons. The Kier molecular flexibility index (Phi) is 2.44. The average Bonchev–Trinajstić information content (AvgIpc) is 2.08. The lowest BCUT2D eigenvalue weighted by molar-refractivity contribution is -0.114. The molecule has 1 rings (SSSR count). The third-order valence-electron chi connectivity index (χ3n) is 2.55. The SMILES string of the molecule is C=C1C(=O)C(CC)=CC(C)(C)C1O. The zero-order valence-corrected chi connectivity index (χ0v) is 8.42. The molecule has 0 aromatic carbocycles. The van der Waals surface area contributed by atoms with Crippen molar-refractivity contribution in [1.82, 2.24) is 0 Å². The van der Waals surface area contributed by atoms with Gasteiger partial charge in [0, 0.05) is 11.0 Å². The second kappa shape index (κ2) is 3.11. The smallest absolute Gasteiger partial charge is 0.186 e. The number of carbonyl (C=O) groups excluding carboxylic acids is 1. The minimum atomic E-state index is -0.740. The lowest BCUT2D eigenvalue weighted by atomic mass is 9.74. The summed E-state index contributed by atoms with van der Waals surface area (Å²) in [7, 11) is 0. The number of hydrogen-bond acceptors (Lipinski definition) is 2. The van der Waals surface area contributed by atoms with E-state index < -0.39 is 6.10 Å². The van der Waals surface area contributed by atoms with Gasteiger partial charge in [-0.15, -0.1) is 0 Å². The van der Waals surface area contributed by atoms with E-state index in [-0.39, 0.29) is 11.2 Å². The second-order valence-corrected chi connectivity index (χ2v) is 4.10. The molecule has 0 saturated carbocycles. The van der Waals surface area contributed by atoms with Crippen molar-refractivity contribution in [3.63, 3.8) is 0 Å². The molecule has 1 aliphatic rings. The first kappa shape index (κ1) is 10.2. The average molecular weight is 180 g/mol. The molecule has 0 spiro atoms. The van der Waals surface area contributed by atoms with Crippen LogP contribution in [0.1, 0.15) is 27.2 Å². The molecule has 0 aromatic rings. The summed E-state index contributed by atoms with van der Waals surface area (Å²) < 4.78 is 0. The normalized spacial score (nSPS) is 27.4. The molecular weight excluding hydrogens is 164 g/mol. The number of allylic oxidation sites excluding steroid dienone is 1. The maximum atomic E-state index is 11.5. The molecule has 0 fully saturated rings. The molecule has 0 heterocycles. The molecule has 2 nitrogen and oxygen atoms in total. The van der Waals surface area contributed by atoms with Gasteiger partial charge >= 0.3 is 0 Å². The third-order valence-corrected chi connectivity index (χ3v) is 2.55. The summed E-state index contributed by atoms with van der Waals surface area (Å²) in [5, 5.41) is 9.72. The molecule has 0 bridgehead atoms. The van der Waals surface area contributed by atoms with E-state index in [4.69, 9.17) is 0 Å². The lowest BCUT2D eigenvalue weighted by Gasteiger charge is -2.33. The summed E-state index contributed by atoms with van der Waals surface area (Å²) >= 11 is 0. The fourth-order valence-electron chi connectivity index (χ4n) is 1.64. The predicted molar refractivity (Wildman–Crippen MR) is 52.3 cm³/mol. The van der Waals surface area contributed by atoms with Gasteiger partial charge in [-0.05, 0) is 12.0 Å². The quantitative estimate of drug-likeness (QED) is 0.625. The lowest BCUT2D eigenvalue weighted by Crippen LogP contribution is -2.37. The Balaban J connectivity index is 3.16. The number of carbonyl (C=O) groups is 1. The minimum absolute atomic E-state index is 0.0886. The maximum Gasteiger partial charge on any atom is 0.186 e. The van der Waals surface area contributed by atoms with Crippen LogP contribution in [0.4, 0.5) is 0 Å². The molecule has 1 unspecified atom stereocenters. The van der Waals surface area contributed by atoms with Gasteiger partial charge in [-0.3, -0.25) is 4.79 Å². The van der Waals surface area contributed by atoms with E-state index >= 15 is 0 Å². The van der Waals surface area contributed by atoms with Crippen LogP contribution in [0.15, 0.2) is 23.8 Å². The third kappa shape index (κ3) is 1.59. The van der Waals surface area contributed by atoms with Crippen LogP contribution in [0.2, 0.25) is 0 Å². The van der Waals surface area contributed by atoms with Gasteiger partial charge in [0.05, 0.1) is 6.10 Å². The molecule has 13 heavy (non-hydrogen) atoms. The van der Waals surface area contributed by atoms with Crippen molar-refractivity contribution in [3.05, 3.63) is 23.8 Å². The Labute approximate surface area is 79.0 Å². The largest absolute Gasteiger partial charge is 0.387 e. The highest BCUT2D eigenvalue weighted by molar-refractivity contribution is 6.09. The van der Waals surface area contributed by atoms with Gasteiger partial charge in [0.2, 0.25) is 0 Å². The molecule has 0 amide bonds. The first-order chi connectivity index (χ1) is 5.90. The van der Waals surface area contributed by atoms with E-state index in [2.05, 4.69) is 6.58 Å². The van der Waals surface area contributed by atoms with E-state index in [0.717, 1.165) is 5.57 Å². The van der Waals surface area contributed by atoms with Gasteiger partial charge in [0.1, 0.15) is 0 Å². The molecule has 0 saturated heterocycles. The Morgan fingerprint density at radius 1 is 1.62 bits per heavy atom. The van der Waals surface area contributed by atoms with Gasteiger partial charge in [-0.1, -0.05) is 33.4 Å². The Bertz CT molecular complexity index is 284. The summed E-state index contributed by atoms with van der Waals surface area (Å²) in [5.74, 6) is -0.0886. The van der Waals surface area contributed by atoms with Crippen molar-refractivity contribution in [3.8, 4) is 0 Å². The molecule has 1 N–H and O–H groups in total. The monoisotopic (exact) mass is 180 g/mol. The fourth-order valence-corrected chi connectivity index (χ4v) is 1.64. The zero-order chi connectivity index (χ0) is 10.2.